The molecule has 1 heterocycles. The first-order valence-electron chi connectivity index (χ1n) is 14.7. The molecule has 4 aromatic rings. The Labute approximate surface area is 276 Å². The number of nitrogens with zero attached hydrogens (tertiary/aromatic N) is 2. The van der Waals surface area contributed by atoms with E-state index in [2.05, 4.69) is 21.2 Å². The van der Waals surface area contributed by atoms with Gasteiger partial charge in [-0.05, 0) is 66.6 Å². The molecule has 46 heavy (non-hydrogen) atoms. The first-order valence-corrected chi connectivity index (χ1v) is 16.9. The summed E-state index contributed by atoms with van der Waals surface area (Å²) >= 11 is 3.47. The highest BCUT2D eigenvalue weighted by atomic mass is 79.9. The zero-order valence-electron chi connectivity index (χ0n) is 25.1. The molecule has 1 atom stereocenters. The number of halogens is 2. The number of amides is 2. The van der Waals surface area contributed by atoms with E-state index in [0.29, 0.717) is 18.9 Å². The van der Waals surface area contributed by atoms with Crippen LogP contribution in [0.4, 0.5) is 10.1 Å². The molecule has 5 rings (SSSR count). The van der Waals surface area contributed by atoms with Crippen molar-refractivity contribution in [1.29, 1.82) is 0 Å². The number of carbonyl (C=O) groups is 2. The molecule has 0 fully saturated rings. The van der Waals surface area contributed by atoms with Gasteiger partial charge in [-0.25, -0.2) is 12.8 Å². The molecule has 240 valence electrons. The van der Waals surface area contributed by atoms with Crippen LogP contribution in [0.15, 0.2) is 106 Å². The number of fused-ring (bicyclic) bond motifs is 1. The van der Waals surface area contributed by atoms with E-state index in [9.17, 15) is 22.4 Å². The smallest absolute Gasteiger partial charge is 0.264 e. The average molecular weight is 711 g/mol. The number of hydrogen-bond acceptors (Lipinski definition) is 6. The summed E-state index contributed by atoms with van der Waals surface area (Å²) in [6.07, 6.45) is 0.192. The third-order valence-corrected chi connectivity index (χ3v) is 9.62. The second kappa shape index (κ2) is 14.8. The summed E-state index contributed by atoms with van der Waals surface area (Å²) in [5, 5.41) is 2.83. The van der Waals surface area contributed by atoms with Gasteiger partial charge in [-0.2, -0.15) is 0 Å². The Morgan fingerprint density at radius 2 is 1.59 bits per heavy atom. The number of rotatable bonds is 12. The Morgan fingerprint density at radius 3 is 2.28 bits per heavy atom. The molecule has 0 bridgehead atoms. The van der Waals surface area contributed by atoms with Crippen LogP contribution in [0.25, 0.3) is 0 Å². The van der Waals surface area contributed by atoms with Gasteiger partial charge >= 0.3 is 0 Å². The minimum absolute atomic E-state index is 0.0221. The first kappa shape index (κ1) is 33.0. The lowest BCUT2D eigenvalue weighted by molar-refractivity contribution is -0.140. The number of ether oxygens (including phenoxy) is 2. The molecule has 1 aliphatic heterocycles. The van der Waals surface area contributed by atoms with E-state index >= 15 is 0 Å². The molecule has 0 spiro atoms. The van der Waals surface area contributed by atoms with E-state index in [1.807, 2.05) is 54.6 Å². The van der Waals surface area contributed by atoms with Crippen molar-refractivity contribution in [3.63, 3.8) is 0 Å². The van der Waals surface area contributed by atoms with Gasteiger partial charge in [0.05, 0.1) is 10.6 Å². The highest BCUT2D eigenvalue weighted by Gasteiger charge is 2.35. The van der Waals surface area contributed by atoms with Crippen LogP contribution in [0, 0.1) is 5.82 Å². The Balaban J connectivity index is 1.57. The highest BCUT2D eigenvalue weighted by Crippen LogP contribution is 2.34. The van der Waals surface area contributed by atoms with Gasteiger partial charge in [0.2, 0.25) is 11.8 Å². The van der Waals surface area contributed by atoms with Gasteiger partial charge in [-0.3, -0.25) is 13.9 Å². The molecule has 2 amide bonds. The Morgan fingerprint density at radius 1 is 0.891 bits per heavy atom. The summed E-state index contributed by atoms with van der Waals surface area (Å²) < 4.78 is 55.3. The fraction of sp³-hybridized carbons (Fsp3) is 0.235. The van der Waals surface area contributed by atoms with E-state index in [4.69, 9.17) is 9.47 Å². The quantitative estimate of drug-likeness (QED) is 0.213. The number of carbonyl (C=O) groups excluding carboxylic acids is 2. The van der Waals surface area contributed by atoms with Crippen molar-refractivity contribution >= 4 is 43.5 Å². The van der Waals surface area contributed by atoms with Crippen LogP contribution in [0.2, 0.25) is 0 Å². The summed E-state index contributed by atoms with van der Waals surface area (Å²) in [5.74, 6) is -0.911. The Bertz CT molecular complexity index is 1790. The fourth-order valence-corrected chi connectivity index (χ4v) is 7.00. The van der Waals surface area contributed by atoms with E-state index < -0.39 is 34.3 Å². The largest absolute Gasteiger partial charge is 0.486 e. The minimum Gasteiger partial charge on any atom is -0.486 e. The van der Waals surface area contributed by atoms with Crippen molar-refractivity contribution in [3.8, 4) is 11.5 Å². The number of benzene rings is 4. The van der Waals surface area contributed by atoms with Crippen molar-refractivity contribution in [1.82, 2.24) is 10.2 Å². The van der Waals surface area contributed by atoms with Crippen molar-refractivity contribution in [2.45, 2.75) is 30.8 Å². The standard InChI is InChI=1S/C34H33BrFN3O6S/c1-2-37-34(41)30(20-24-7-4-3-5-8-24)38(22-25-9-6-10-26(35)19-25)33(40)23-39(28-13-11-27(36)12-14-28)46(42,43)29-15-16-31-32(21-29)45-18-17-44-31/h3-16,19,21,30H,2,17-18,20,22-23H2,1H3,(H,37,41). The van der Waals surface area contributed by atoms with Gasteiger partial charge in [-0.1, -0.05) is 58.4 Å². The maximum Gasteiger partial charge on any atom is 0.264 e. The first-order chi connectivity index (χ1) is 22.2. The second-order valence-electron chi connectivity index (χ2n) is 10.5. The fourth-order valence-electron chi connectivity index (χ4n) is 5.13. The molecule has 0 radical (unpaired) electrons. The predicted octanol–water partition coefficient (Wildman–Crippen LogP) is 5.33. The van der Waals surface area contributed by atoms with Crippen molar-refractivity contribution in [2.24, 2.45) is 0 Å². The van der Waals surface area contributed by atoms with Gasteiger partial charge in [0.25, 0.3) is 10.0 Å². The minimum atomic E-state index is -4.40. The summed E-state index contributed by atoms with van der Waals surface area (Å²) in [5.41, 5.74) is 1.63. The van der Waals surface area contributed by atoms with Crippen LogP contribution >= 0.6 is 15.9 Å². The van der Waals surface area contributed by atoms with Gasteiger partial charge in [-0.15, -0.1) is 0 Å². The zero-order valence-corrected chi connectivity index (χ0v) is 27.5. The average Bonchev–Trinajstić information content (AvgIpc) is 3.06. The highest BCUT2D eigenvalue weighted by molar-refractivity contribution is 9.10. The molecule has 0 aliphatic carbocycles. The SMILES string of the molecule is CCNC(=O)C(Cc1ccccc1)N(Cc1cccc(Br)c1)C(=O)CN(c1ccc(F)cc1)S(=O)(=O)c1ccc2c(c1)OCCO2. The van der Waals surface area contributed by atoms with E-state index in [-0.39, 0.29) is 41.8 Å². The lowest BCUT2D eigenvalue weighted by atomic mass is 10.0. The Kier molecular flexibility index (Phi) is 10.6. The molecular formula is C34H33BrFN3O6S. The van der Waals surface area contributed by atoms with Crippen molar-refractivity contribution < 1.29 is 31.9 Å². The molecule has 0 aromatic heterocycles. The molecule has 0 saturated carbocycles. The van der Waals surface area contributed by atoms with Crippen LogP contribution in [0.1, 0.15) is 18.1 Å². The van der Waals surface area contributed by atoms with Crippen LogP contribution in [-0.2, 0) is 32.6 Å². The second-order valence-corrected chi connectivity index (χ2v) is 13.3. The molecule has 9 nitrogen and oxygen atoms in total. The molecule has 0 saturated heterocycles. The lowest BCUT2D eigenvalue weighted by Crippen LogP contribution is -2.53. The molecular weight excluding hydrogens is 677 g/mol. The third kappa shape index (κ3) is 7.86. The van der Waals surface area contributed by atoms with Crippen LogP contribution in [-0.4, -0.2) is 57.5 Å². The monoisotopic (exact) mass is 709 g/mol. The van der Waals surface area contributed by atoms with Gasteiger partial charge in [0, 0.05) is 30.0 Å². The predicted molar refractivity (Wildman–Crippen MR) is 176 cm³/mol. The van der Waals surface area contributed by atoms with Gasteiger partial charge in [0.15, 0.2) is 11.5 Å². The number of anilines is 1. The summed E-state index contributed by atoms with van der Waals surface area (Å²) in [6.45, 7) is 2.06. The van der Waals surface area contributed by atoms with E-state index in [0.717, 1.165) is 32.0 Å². The molecule has 1 aliphatic rings. The zero-order chi connectivity index (χ0) is 32.7. The van der Waals surface area contributed by atoms with Crippen LogP contribution in [0.5, 0.6) is 11.5 Å². The maximum atomic E-state index is 14.4. The van der Waals surface area contributed by atoms with Gasteiger partial charge < -0.3 is 19.7 Å². The molecule has 12 heteroatoms. The lowest BCUT2D eigenvalue weighted by Gasteiger charge is -2.34. The summed E-state index contributed by atoms with van der Waals surface area (Å²) in [4.78, 5) is 29.3. The molecule has 1 unspecified atom stereocenters. The summed E-state index contributed by atoms with van der Waals surface area (Å²) in [6, 6.07) is 24.7. The van der Waals surface area contributed by atoms with Gasteiger partial charge in [0.1, 0.15) is 31.6 Å². The van der Waals surface area contributed by atoms with Crippen LogP contribution < -0.4 is 19.1 Å². The molecule has 4 aromatic carbocycles. The van der Waals surface area contributed by atoms with E-state index in [1.165, 1.54) is 35.2 Å². The normalized spacial score (nSPS) is 13.0. The van der Waals surface area contributed by atoms with Crippen LogP contribution in [0.3, 0.4) is 0 Å². The van der Waals surface area contributed by atoms with Crippen molar-refractivity contribution in [3.05, 3.63) is 118 Å². The summed E-state index contributed by atoms with van der Waals surface area (Å²) in [7, 11) is -4.40. The third-order valence-electron chi connectivity index (χ3n) is 7.36. The maximum absolute atomic E-state index is 14.4. The Hall–Kier alpha value is -4.42. The molecule has 1 N–H and O–H groups in total. The topological polar surface area (TPSA) is 105 Å². The number of sulfonamides is 1. The van der Waals surface area contributed by atoms with E-state index in [1.54, 1.807) is 6.92 Å². The number of likely N-dealkylation sites (N-methyl/N-ethyl adjacent to an activating group) is 1. The number of hydrogen-bond donors (Lipinski definition) is 1. The number of nitrogens with one attached hydrogen (secondary N) is 1. The van der Waals surface area contributed by atoms with Crippen molar-refractivity contribution in [2.75, 3.05) is 30.6 Å².